The number of aromatic nitrogens is 4. The molecule has 0 bridgehead atoms. The van der Waals surface area contributed by atoms with Gasteiger partial charge < -0.3 is 5.32 Å². The second-order valence-electron chi connectivity index (χ2n) is 5.74. The molecule has 0 saturated heterocycles. The molecule has 2 aromatic carbocycles. The summed E-state index contributed by atoms with van der Waals surface area (Å²) in [6.45, 7) is 3.24. The van der Waals surface area contributed by atoms with Crippen LogP contribution < -0.4 is 5.32 Å². The quantitative estimate of drug-likeness (QED) is 0.501. The molecule has 1 unspecified atom stereocenters. The maximum absolute atomic E-state index is 12.5. The molecule has 0 aliphatic rings. The van der Waals surface area contributed by atoms with Gasteiger partial charge in [-0.3, -0.25) is 9.59 Å². The molecule has 0 saturated carbocycles. The number of carbonyl (C=O) groups is 2. The Labute approximate surface area is 165 Å². The lowest BCUT2D eigenvalue weighted by atomic mass is 10.1. The van der Waals surface area contributed by atoms with Crippen LogP contribution in [0.15, 0.2) is 53.7 Å². The fourth-order valence-corrected chi connectivity index (χ4v) is 3.20. The van der Waals surface area contributed by atoms with E-state index >= 15 is 0 Å². The standard InChI is InChI=1S/C18H16ClN5O2S/c1-11(25)13-4-3-5-15(10-13)20-17(26)12(2)27-18-21-22-23-24(18)16-8-6-14(19)7-9-16/h3-10,12H,1-2H3,(H,20,26). The van der Waals surface area contributed by atoms with Crippen LogP contribution in [-0.4, -0.2) is 37.1 Å². The van der Waals surface area contributed by atoms with Gasteiger partial charge in [0.1, 0.15) is 0 Å². The lowest BCUT2D eigenvalue weighted by Gasteiger charge is -2.12. The van der Waals surface area contributed by atoms with Crippen LogP contribution in [-0.2, 0) is 4.79 Å². The van der Waals surface area contributed by atoms with Crippen LogP contribution in [0.25, 0.3) is 5.69 Å². The number of carbonyl (C=O) groups excluding carboxylic acids is 2. The molecule has 27 heavy (non-hydrogen) atoms. The number of halogens is 1. The van der Waals surface area contributed by atoms with Crippen LogP contribution in [0, 0.1) is 0 Å². The Morgan fingerprint density at radius 2 is 1.93 bits per heavy atom. The molecule has 1 amide bonds. The number of nitrogens with one attached hydrogen (secondary N) is 1. The van der Waals surface area contributed by atoms with Gasteiger partial charge in [-0.05, 0) is 60.7 Å². The van der Waals surface area contributed by atoms with Crippen molar-refractivity contribution in [2.45, 2.75) is 24.3 Å². The van der Waals surface area contributed by atoms with Crippen LogP contribution in [0.2, 0.25) is 5.02 Å². The van der Waals surface area contributed by atoms with Crippen molar-refractivity contribution >= 4 is 40.7 Å². The molecule has 1 N–H and O–H groups in total. The van der Waals surface area contributed by atoms with E-state index in [9.17, 15) is 9.59 Å². The second-order valence-corrected chi connectivity index (χ2v) is 7.48. The number of tetrazole rings is 1. The minimum Gasteiger partial charge on any atom is -0.325 e. The van der Waals surface area contributed by atoms with Crippen molar-refractivity contribution in [2.24, 2.45) is 0 Å². The van der Waals surface area contributed by atoms with Crippen molar-refractivity contribution in [2.75, 3.05) is 5.32 Å². The molecule has 0 aliphatic carbocycles. The first kappa shape index (κ1) is 19.1. The summed E-state index contributed by atoms with van der Waals surface area (Å²) in [5.41, 5.74) is 1.85. The smallest absolute Gasteiger partial charge is 0.237 e. The van der Waals surface area contributed by atoms with E-state index in [0.29, 0.717) is 21.4 Å². The highest BCUT2D eigenvalue weighted by Gasteiger charge is 2.19. The van der Waals surface area contributed by atoms with Gasteiger partial charge >= 0.3 is 0 Å². The molecule has 0 radical (unpaired) electrons. The summed E-state index contributed by atoms with van der Waals surface area (Å²) >= 11 is 7.13. The van der Waals surface area contributed by atoms with Gasteiger partial charge in [-0.1, -0.05) is 35.5 Å². The van der Waals surface area contributed by atoms with Crippen LogP contribution >= 0.6 is 23.4 Å². The van der Waals surface area contributed by atoms with E-state index in [2.05, 4.69) is 20.8 Å². The van der Waals surface area contributed by atoms with Crippen molar-refractivity contribution < 1.29 is 9.59 Å². The van der Waals surface area contributed by atoms with E-state index in [-0.39, 0.29) is 11.7 Å². The number of hydrogen-bond donors (Lipinski definition) is 1. The second kappa shape index (κ2) is 8.32. The molecule has 9 heteroatoms. The Morgan fingerprint density at radius 3 is 2.63 bits per heavy atom. The zero-order valence-corrected chi connectivity index (χ0v) is 16.2. The van der Waals surface area contributed by atoms with Gasteiger partial charge in [0.2, 0.25) is 11.1 Å². The van der Waals surface area contributed by atoms with E-state index in [1.165, 1.54) is 18.7 Å². The molecule has 138 valence electrons. The van der Waals surface area contributed by atoms with E-state index < -0.39 is 5.25 Å². The summed E-state index contributed by atoms with van der Waals surface area (Å²) in [5, 5.41) is 15.1. The van der Waals surface area contributed by atoms with Crippen molar-refractivity contribution in [3.63, 3.8) is 0 Å². The van der Waals surface area contributed by atoms with Gasteiger partial charge in [0, 0.05) is 16.3 Å². The summed E-state index contributed by atoms with van der Waals surface area (Å²) in [5.74, 6) is -0.276. The SMILES string of the molecule is CC(=O)c1cccc(NC(=O)C(C)Sc2nnnn2-c2ccc(Cl)cc2)c1. The van der Waals surface area contributed by atoms with E-state index in [4.69, 9.17) is 11.6 Å². The van der Waals surface area contributed by atoms with Gasteiger partial charge in [-0.25, -0.2) is 0 Å². The molecule has 3 aromatic rings. The highest BCUT2D eigenvalue weighted by atomic mass is 35.5. The molecule has 7 nitrogen and oxygen atoms in total. The summed E-state index contributed by atoms with van der Waals surface area (Å²) in [6, 6.07) is 13.9. The minimum atomic E-state index is -0.456. The molecular formula is C18H16ClN5O2S. The summed E-state index contributed by atoms with van der Waals surface area (Å²) in [6.07, 6.45) is 0. The average molecular weight is 402 g/mol. The molecule has 3 rings (SSSR count). The third kappa shape index (κ3) is 4.72. The zero-order chi connectivity index (χ0) is 19.4. The number of Topliss-reactive ketones (excluding diaryl/α,β-unsaturated/α-hetero) is 1. The number of nitrogens with zero attached hydrogens (tertiary/aromatic N) is 4. The van der Waals surface area contributed by atoms with Gasteiger partial charge in [0.25, 0.3) is 0 Å². The number of hydrogen-bond acceptors (Lipinski definition) is 6. The maximum atomic E-state index is 12.5. The topological polar surface area (TPSA) is 89.8 Å². The molecule has 1 heterocycles. The van der Waals surface area contributed by atoms with Crippen LogP contribution in [0.1, 0.15) is 24.2 Å². The number of anilines is 1. The van der Waals surface area contributed by atoms with Crippen molar-refractivity contribution in [3.8, 4) is 5.69 Å². The van der Waals surface area contributed by atoms with Crippen LogP contribution in [0.5, 0.6) is 0 Å². The predicted octanol–water partition coefficient (Wildman–Crippen LogP) is 3.64. The zero-order valence-electron chi connectivity index (χ0n) is 14.6. The number of thioether (sulfide) groups is 1. The first-order valence-corrected chi connectivity index (χ1v) is 9.32. The van der Waals surface area contributed by atoms with Gasteiger partial charge in [-0.15, -0.1) is 5.10 Å². The van der Waals surface area contributed by atoms with Crippen LogP contribution in [0.4, 0.5) is 5.69 Å². The monoisotopic (exact) mass is 401 g/mol. The van der Waals surface area contributed by atoms with Crippen molar-refractivity contribution in [1.82, 2.24) is 20.2 Å². The molecule has 1 atom stereocenters. The number of rotatable bonds is 6. The average Bonchev–Trinajstić information content (AvgIpc) is 3.10. The van der Waals surface area contributed by atoms with E-state index in [1.54, 1.807) is 60.1 Å². The van der Waals surface area contributed by atoms with Gasteiger partial charge in [0.15, 0.2) is 5.78 Å². The third-order valence-electron chi connectivity index (χ3n) is 3.70. The Balaban J connectivity index is 1.71. The highest BCUT2D eigenvalue weighted by molar-refractivity contribution is 8.00. The first-order chi connectivity index (χ1) is 12.9. The van der Waals surface area contributed by atoms with Crippen molar-refractivity contribution in [1.29, 1.82) is 0 Å². The summed E-state index contributed by atoms with van der Waals surface area (Å²) in [7, 11) is 0. The normalized spacial score (nSPS) is 11.8. The molecule has 1 aromatic heterocycles. The molecular weight excluding hydrogens is 386 g/mol. The maximum Gasteiger partial charge on any atom is 0.237 e. The fraction of sp³-hybridized carbons (Fsp3) is 0.167. The Morgan fingerprint density at radius 1 is 1.19 bits per heavy atom. The van der Waals surface area contributed by atoms with Crippen LogP contribution in [0.3, 0.4) is 0 Å². The Kier molecular flexibility index (Phi) is 5.88. The largest absolute Gasteiger partial charge is 0.325 e. The number of ketones is 1. The number of amides is 1. The third-order valence-corrected chi connectivity index (χ3v) is 4.99. The summed E-state index contributed by atoms with van der Waals surface area (Å²) < 4.78 is 1.54. The predicted molar refractivity (Wildman–Crippen MR) is 105 cm³/mol. The lowest BCUT2D eigenvalue weighted by Crippen LogP contribution is -2.23. The fourth-order valence-electron chi connectivity index (χ4n) is 2.27. The van der Waals surface area contributed by atoms with E-state index in [1.807, 2.05) is 0 Å². The highest BCUT2D eigenvalue weighted by Crippen LogP contribution is 2.24. The van der Waals surface area contributed by atoms with E-state index in [0.717, 1.165) is 5.69 Å². The Hall–Kier alpha value is -2.71. The van der Waals surface area contributed by atoms with Gasteiger partial charge in [0.05, 0.1) is 10.9 Å². The molecule has 0 fully saturated rings. The first-order valence-electron chi connectivity index (χ1n) is 8.07. The summed E-state index contributed by atoms with van der Waals surface area (Å²) in [4.78, 5) is 24.0. The minimum absolute atomic E-state index is 0.0596. The van der Waals surface area contributed by atoms with Gasteiger partial charge in [-0.2, -0.15) is 4.68 Å². The van der Waals surface area contributed by atoms with Crippen molar-refractivity contribution in [3.05, 3.63) is 59.1 Å². The molecule has 0 aliphatic heterocycles. The molecule has 0 spiro atoms. The number of benzene rings is 2. The Bertz CT molecular complexity index is 974. The lowest BCUT2D eigenvalue weighted by molar-refractivity contribution is -0.115.